The van der Waals surface area contributed by atoms with Gasteiger partial charge in [0.15, 0.2) is 6.61 Å². The molecule has 1 aromatic heterocycles. The fraction of sp³-hybridized carbons (Fsp3) is 0.278. The Bertz CT molecular complexity index is 726. The number of nitrogens with zero attached hydrogens (tertiary/aromatic N) is 1. The van der Waals surface area contributed by atoms with Crippen LogP contribution in [0.4, 0.5) is 0 Å². The summed E-state index contributed by atoms with van der Waals surface area (Å²) >= 11 is 1.57. The summed E-state index contributed by atoms with van der Waals surface area (Å²) in [6, 6.07) is 8.63. The van der Waals surface area contributed by atoms with Gasteiger partial charge in [0.05, 0.1) is 5.56 Å². The summed E-state index contributed by atoms with van der Waals surface area (Å²) in [4.78, 5) is 36.4. The van der Waals surface area contributed by atoms with Crippen LogP contribution in [0.25, 0.3) is 0 Å². The van der Waals surface area contributed by atoms with E-state index in [-0.39, 0.29) is 18.4 Å². The van der Waals surface area contributed by atoms with Crippen LogP contribution >= 0.6 is 11.3 Å². The van der Waals surface area contributed by atoms with Crippen molar-refractivity contribution in [3.05, 3.63) is 57.8 Å². The highest BCUT2D eigenvalue weighted by Crippen LogP contribution is 2.09. The van der Waals surface area contributed by atoms with Crippen LogP contribution in [0.3, 0.4) is 0 Å². The van der Waals surface area contributed by atoms with E-state index in [4.69, 9.17) is 4.74 Å². The van der Waals surface area contributed by atoms with E-state index in [2.05, 4.69) is 5.32 Å². The number of ether oxygens (including phenoxy) is 1. The lowest BCUT2D eigenvalue weighted by Crippen LogP contribution is -2.30. The number of carbonyl (C=O) groups is 3. The molecule has 7 heteroatoms. The zero-order chi connectivity index (χ0) is 18.2. The fourth-order valence-electron chi connectivity index (χ4n) is 2.05. The van der Waals surface area contributed by atoms with Crippen molar-refractivity contribution in [3.63, 3.8) is 0 Å². The minimum atomic E-state index is -0.552. The van der Waals surface area contributed by atoms with Crippen molar-refractivity contribution in [2.45, 2.75) is 20.0 Å². The Balaban J connectivity index is 1.80. The first-order valence-corrected chi connectivity index (χ1v) is 8.65. The third-order valence-electron chi connectivity index (χ3n) is 3.48. The third-order valence-corrected chi connectivity index (χ3v) is 4.22. The van der Waals surface area contributed by atoms with Crippen molar-refractivity contribution in [3.8, 4) is 0 Å². The third kappa shape index (κ3) is 6.04. The topological polar surface area (TPSA) is 75.7 Å². The summed E-state index contributed by atoms with van der Waals surface area (Å²) in [5.74, 6) is -0.932. The first kappa shape index (κ1) is 18.7. The number of nitrogens with one attached hydrogen (secondary N) is 1. The second-order valence-corrected chi connectivity index (χ2v) is 6.34. The molecule has 0 radical (unpaired) electrons. The number of rotatable bonds is 7. The van der Waals surface area contributed by atoms with Crippen LogP contribution in [0, 0.1) is 0 Å². The van der Waals surface area contributed by atoms with E-state index in [0.717, 1.165) is 11.1 Å². The highest BCUT2D eigenvalue weighted by Gasteiger charge is 2.14. The molecule has 132 valence electrons. The van der Waals surface area contributed by atoms with Crippen LogP contribution in [0.2, 0.25) is 0 Å². The maximum atomic E-state index is 12.0. The average molecular weight is 360 g/mol. The van der Waals surface area contributed by atoms with Gasteiger partial charge in [0, 0.05) is 27.1 Å². The first-order chi connectivity index (χ1) is 12.0. The van der Waals surface area contributed by atoms with Crippen LogP contribution in [-0.2, 0) is 27.4 Å². The lowest BCUT2D eigenvalue weighted by molar-refractivity contribution is -0.133. The second kappa shape index (κ2) is 8.98. The standard InChI is InChI=1S/C18H20N2O4S/c1-13(21)19-9-14-3-5-16(6-4-14)18(23)24-11-17(22)20(2)10-15-7-8-25-12-15/h3-8,12H,9-11H2,1-2H3,(H,19,21). The van der Waals surface area contributed by atoms with Crippen LogP contribution in [0.1, 0.15) is 28.4 Å². The van der Waals surface area contributed by atoms with Gasteiger partial charge >= 0.3 is 5.97 Å². The van der Waals surface area contributed by atoms with Crippen molar-refractivity contribution in [1.82, 2.24) is 10.2 Å². The maximum absolute atomic E-state index is 12.0. The molecule has 0 saturated carbocycles. The lowest BCUT2D eigenvalue weighted by Gasteiger charge is -2.16. The van der Waals surface area contributed by atoms with Gasteiger partial charge in [0.1, 0.15) is 0 Å². The number of thiophene rings is 1. The lowest BCUT2D eigenvalue weighted by atomic mass is 10.1. The summed E-state index contributed by atoms with van der Waals surface area (Å²) in [6.07, 6.45) is 0. The van der Waals surface area contributed by atoms with Crippen LogP contribution in [0.5, 0.6) is 0 Å². The monoisotopic (exact) mass is 360 g/mol. The quantitative estimate of drug-likeness (QED) is 0.768. The van der Waals surface area contributed by atoms with Gasteiger partial charge < -0.3 is 15.0 Å². The molecule has 25 heavy (non-hydrogen) atoms. The van der Waals surface area contributed by atoms with Crippen molar-refractivity contribution in [2.75, 3.05) is 13.7 Å². The number of hydrogen-bond donors (Lipinski definition) is 1. The fourth-order valence-corrected chi connectivity index (χ4v) is 2.71. The average Bonchev–Trinajstić information content (AvgIpc) is 3.10. The van der Waals surface area contributed by atoms with E-state index < -0.39 is 5.97 Å². The molecule has 0 aliphatic rings. The number of esters is 1. The van der Waals surface area contributed by atoms with Gasteiger partial charge in [-0.2, -0.15) is 11.3 Å². The Morgan fingerprint density at radius 3 is 2.44 bits per heavy atom. The summed E-state index contributed by atoms with van der Waals surface area (Å²) < 4.78 is 5.07. The summed E-state index contributed by atoms with van der Waals surface area (Å²) in [5, 5.41) is 6.59. The van der Waals surface area contributed by atoms with Crippen molar-refractivity contribution in [2.24, 2.45) is 0 Å². The number of likely N-dealkylation sites (N-methyl/N-ethyl adjacent to an activating group) is 1. The van der Waals surface area contributed by atoms with E-state index in [9.17, 15) is 14.4 Å². The Hall–Kier alpha value is -2.67. The molecule has 0 saturated heterocycles. The molecule has 2 amide bonds. The maximum Gasteiger partial charge on any atom is 0.338 e. The molecule has 6 nitrogen and oxygen atoms in total. The zero-order valence-electron chi connectivity index (χ0n) is 14.2. The molecule has 1 heterocycles. The van der Waals surface area contributed by atoms with E-state index in [1.54, 1.807) is 42.6 Å². The molecule has 2 aromatic rings. The molecule has 2 rings (SSSR count). The minimum Gasteiger partial charge on any atom is -0.452 e. The van der Waals surface area contributed by atoms with Gasteiger partial charge in [-0.3, -0.25) is 9.59 Å². The highest BCUT2D eigenvalue weighted by molar-refractivity contribution is 7.07. The molecule has 0 aliphatic heterocycles. The van der Waals surface area contributed by atoms with Crippen LogP contribution < -0.4 is 5.32 Å². The molecule has 0 spiro atoms. The van der Waals surface area contributed by atoms with Gasteiger partial charge in [-0.05, 0) is 40.1 Å². The van der Waals surface area contributed by atoms with E-state index in [1.807, 2.05) is 16.8 Å². The Labute approximate surface area is 150 Å². The minimum absolute atomic E-state index is 0.117. The van der Waals surface area contributed by atoms with Crippen molar-refractivity contribution < 1.29 is 19.1 Å². The molecular weight excluding hydrogens is 340 g/mol. The molecule has 1 aromatic carbocycles. The van der Waals surface area contributed by atoms with Crippen molar-refractivity contribution >= 4 is 29.1 Å². The van der Waals surface area contributed by atoms with Crippen LogP contribution in [0.15, 0.2) is 41.1 Å². The van der Waals surface area contributed by atoms with Gasteiger partial charge in [0.2, 0.25) is 5.91 Å². The zero-order valence-corrected chi connectivity index (χ0v) is 15.0. The van der Waals surface area contributed by atoms with Gasteiger partial charge in [-0.15, -0.1) is 0 Å². The number of hydrogen-bond acceptors (Lipinski definition) is 5. The highest BCUT2D eigenvalue weighted by atomic mass is 32.1. The molecular formula is C18H20N2O4S. The molecule has 0 aliphatic carbocycles. The predicted molar refractivity (Wildman–Crippen MR) is 95.0 cm³/mol. The van der Waals surface area contributed by atoms with Gasteiger partial charge in [-0.1, -0.05) is 12.1 Å². The van der Waals surface area contributed by atoms with Gasteiger partial charge in [-0.25, -0.2) is 4.79 Å². The molecule has 0 unspecified atom stereocenters. The van der Waals surface area contributed by atoms with Crippen LogP contribution in [-0.4, -0.2) is 36.3 Å². The van der Waals surface area contributed by atoms with E-state index in [0.29, 0.717) is 18.7 Å². The van der Waals surface area contributed by atoms with Gasteiger partial charge in [0.25, 0.3) is 5.91 Å². The summed E-state index contributed by atoms with van der Waals surface area (Å²) in [5.41, 5.74) is 2.28. The Kier molecular flexibility index (Phi) is 6.71. The predicted octanol–water partition coefficient (Wildman–Crippen LogP) is 2.20. The Morgan fingerprint density at radius 2 is 1.84 bits per heavy atom. The second-order valence-electron chi connectivity index (χ2n) is 5.56. The Morgan fingerprint density at radius 1 is 1.12 bits per heavy atom. The normalized spacial score (nSPS) is 10.2. The smallest absolute Gasteiger partial charge is 0.338 e. The summed E-state index contributed by atoms with van der Waals surface area (Å²) in [7, 11) is 1.67. The molecule has 0 fully saturated rings. The SMILES string of the molecule is CC(=O)NCc1ccc(C(=O)OCC(=O)N(C)Cc2ccsc2)cc1. The molecule has 1 N–H and O–H groups in total. The number of benzene rings is 1. The number of carbonyl (C=O) groups excluding carboxylic acids is 3. The largest absolute Gasteiger partial charge is 0.452 e. The molecule has 0 bridgehead atoms. The molecule has 0 atom stereocenters. The number of amides is 2. The van der Waals surface area contributed by atoms with E-state index >= 15 is 0 Å². The van der Waals surface area contributed by atoms with Crippen molar-refractivity contribution in [1.29, 1.82) is 0 Å². The summed E-state index contributed by atoms with van der Waals surface area (Å²) in [6.45, 7) is 2.03. The first-order valence-electron chi connectivity index (χ1n) is 7.71. The van der Waals surface area contributed by atoms with E-state index in [1.165, 1.54) is 11.8 Å².